The molecule has 1 amide bonds. The van der Waals surface area contributed by atoms with E-state index in [-0.39, 0.29) is 70.8 Å². The average molecular weight is 539 g/mol. The molecule has 0 aliphatic heterocycles. The largest absolute Gasteiger partial charge is 0.393 e. The van der Waals surface area contributed by atoms with Crippen LogP contribution in [0.25, 0.3) is 0 Å². The summed E-state index contributed by atoms with van der Waals surface area (Å²) in [6.45, 7) is 6.75. The molecule has 0 aromatic heterocycles. The maximum atomic E-state index is 12.2. The van der Waals surface area contributed by atoms with Crippen molar-refractivity contribution in [3.8, 4) is 0 Å². The average Bonchev–Trinajstić information content (AvgIpc) is 3.13. The number of carbonyl (C=O) groups excluding carboxylic acids is 1. The van der Waals surface area contributed by atoms with Gasteiger partial charge in [0.15, 0.2) is 0 Å². The van der Waals surface area contributed by atoms with Crippen LogP contribution in [0.4, 0.5) is 0 Å². The summed E-state index contributed by atoms with van der Waals surface area (Å²) in [5, 5.41) is 35.4. The van der Waals surface area contributed by atoms with E-state index in [0.29, 0.717) is 42.9 Å². The van der Waals surface area contributed by atoms with Gasteiger partial charge in [-0.05, 0) is 97.7 Å². The zero-order valence-corrected chi connectivity index (χ0v) is 25.2. The molecule has 4 fully saturated rings. The number of aliphatic hydroxyl groups excluding tert-OH is 3. The minimum absolute atomic E-state index is 0. The quantitative estimate of drug-likeness (QED) is 0.246. The van der Waals surface area contributed by atoms with Crippen molar-refractivity contribution in [1.29, 1.82) is 0 Å². The summed E-state index contributed by atoms with van der Waals surface area (Å²) in [7, 11) is -4.08. The third-order valence-electron chi connectivity index (χ3n) is 11.0. The molecular weight excluding hydrogens is 493 g/mol. The van der Waals surface area contributed by atoms with E-state index in [1.165, 1.54) is 0 Å². The van der Waals surface area contributed by atoms with E-state index in [1.54, 1.807) is 0 Å². The maximum absolute atomic E-state index is 12.2. The summed E-state index contributed by atoms with van der Waals surface area (Å²) in [6, 6.07) is 0. The van der Waals surface area contributed by atoms with E-state index in [4.69, 9.17) is 4.55 Å². The van der Waals surface area contributed by atoms with Crippen LogP contribution >= 0.6 is 0 Å². The van der Waals surface area contributed by atoms with Gasteiger partial charge in [-0.1, -0.05) is 20.8 Å². The summed E-state index contributed by atoms with van der Waals surface area (Å²) in [4.78, 5) is 12.2. The first kappa shape index (κ1) is 30.8. The second kappa shape index (κ2) is 11.4. The van der Waals surface area contributed by atoms with Crippen LogP contribution in [0, 0.1) is 46.3 Å². The van der Waals surface area contributed by atoms with Gasteiger partial charge in [0.05, 0.1) is 24.1 Å². The van der Waals surface area contributed by atoms with Crippen LogP contribution in [0.15, 0.2) is 0 Å². The number of nitrogens with one attached hydrogen (secondary N) is 1. The van der Waals surface area contributed by atoms with E-state index >= 15 is 0 Å². The number of rotatable bonds is 7. The van der Waals surface area contributed by atoms with Gasteiger partial charge in [0, 0.05) is 42.5 Å². The molecule has 8 nitrogen and oxygen atoms in total. The molecule has 36 heavy (non-hydrogen) atoms. The zero-order valence-electron chi connectivity index (χ0n) is 22.4. The second-order valence-electron chi connectivity index (χ2n) is 12.7. The summed E-state index contributed by atoms with van der Waals surface area (Å²) in [5.74, 6) is 0.781. The van der Waals surface area contributed by atoms with E-state index in [1.807, 2.05) is 0 Å². The Balaban J connectivity index is 0.00000361. The molecule has 11 atom stereocenters. The third kappa shape index (κ3) is 5.74. The van der Waals surface area contributed by atoms with Gasteiger partial charge in [-0.25, -0.2) is 0 Å². The SMILES string of the molecule is C[C@H](CCC(=O)NCCS(=O)(=O)O)[C@H]1CC[C@H]2[C@@H]3[C@H](O)[C@@H](O)[C@@H]4C[C@H](O)CC[C@]4(C)[C@H]3CC[C@]12C.[Na]. The van der Waals surface area contributed by atoms with Crippen molar-refractivity contribution in [3.63, 3.8) is 0 Å². The van der Waals surface area contributed by atoms with Crippen LogP contribution in [0.2, 0.25) is 0 Å². The van der Waals surface area contributed by atoms with Crippen molar-refractivity contribution >= 4 is 45.6 Å². The predicted molar refractivity (Wildman–Crippen MR) is 138 cm³/mol. The number of hydrogen-bond donors (Lipinski definition) is 5. The molecule has 0 aromatic rings. The maximum Gasteiger partial charge on any atom is 0.266 e. The summed E-state index contributed by atoms with van der Waals surface area (Å²) >= 11 is 0. The molecule has 4 aliphatic rings. The summed E-state index contributed by atoms with van der Waals surface area (Å²) in [6.07, 6.45) is 5.54. The van der Waals surface area contributed by atoms with Crippen molar-refractivity contribution < 1.29 is 33.1 Å². The van der Waals surface area contributed by atoms with Crippen molar-refractivity contribution in [3.05, 3.63) is 0 Å². The Labute approximate surface area is 238 Å². The first-order chi connectivity index (χ1) is 16.3. The van der Waals surface area contributed by atoms with Gasteiger partial charge in [-0.2, -0.15) is 8.42 Å². The molecule has 0 spiro atoms. The number of fused-ring (bicyclic) bond motifs is 5. The molecule has 10 heteroatoms. The smallest absolute Gasteiger partial charge is 0.266 e. The van der Waals surface area contributed by atoms with E-state index in [9.17, 15) is 28.5 Å². The van der Waals surface area contributed by atoms with Gasteiger partial charge < -0.3 is 20.6 Å². The summed E-state index contributed by atoms with van der Waals surface area (Å²) in [5.41, 5.74) is 0.00776. The second-order valence-corrected chi connectivity index (χ2v) is 14.3. The summed E-state index contributed by atoms with van der Waals surface area (Å²) < 4.78 is 30.5. The minimum atomic E-state index is -4.08. The van der Waals surface area contributed by atoms with Gasteiger partial charge in [0.25, 0.3) is 10.1 Å². The zero-order chi connectivity index (χ0) is 25.8. The first-order valence-electron chi connectivity index (χ1n) is 13.5. The van der Waals surface area contributed by atoms with Gasteiger partial charge in [-0.15, -0.1) is 0 Å². The van der Waals surface area contributed by atoms with Crippen molar-refractivity contribution in [1.82, 2.24) is 5.32 Å². The molecule has 5 N–H and O–H groups in total. The topological polar surface area (TPSA) is 144 Å². The minimum Gasteiger partial charge on any atom is -0.393 e. The molecule has 4 saturated carbocycles. The van der Waals surface area contributed by atoms with Crippen LogP contribution in [0.5, 0.6) is 0 Å². The molecule has 0 heterocycles. The fourth-order valence-electron chi connectivity index (χ4n) is 9.18. The van der Waals surface area contributed by atoms with Crippen LogP contribution in [-0.4, -0.2) is 94.4 Å². The molecule has 4 aliphatic carbocycles. The molecule has 0 unspecified atom stereocenters. The van der Waals surface area contributed by atoms with E-state index in [0.717, 1.165) is 38.5 Å². The first-order valence-corrected chi connectivity index (χ1v) is 15.1. The monoisotopic (exact) mass is 538 g/mol. The normalized spacial score (nSPS) is 45.0. The molecule has 0 aromatic carbocycles. The third-order valence-corrected chi connectivity index (χ3v) is 11.7. The predicted octanol–water partition coefficient (Wildman–Crippen LogP) is 1.99. The Morgan fingerprint density at radius 1 is 0.972 bits per heavy atom. The molecule has 0 saturated heterocycles. The van der Waals surface area contributed by atoms with Crippen molar-refractivity contribution in [2.45, 2.75) is 96.9 Å². The van der Waals surface area contributed by atoms with Crippen LogP contribution in [-0.2, 0) is 14.9 Å². The standard InChI is InChI=1S/C26H45NO7S.Na/c1-15(4-7-21(29)27-12-13-35(32,33)34)17-5-6-18-22-19(9-11-25(17,18)2)26(3)10-8-16(28)14-20(26)23(30)24(22)31;/h15-20,22-24,28,30-31H,4-14H2,1-3H3,(H,27,29)(H,32,33,34);/t15-,16-,17-,18+,19+,20+,22+,23+,24+,25-,26-;/m1./s1. The Hall–Kier alpha value is 0.260. The van der Waals surface area contributed by atoms with E-state index in [2.05, 4.69) is 26.1 Å². The number of aliphatic hydroxyl groups is 3. The Bertz CT molecular complexity index is 903. The van der Waals surface area contributed by atoms with Crippen molar-refractivity contribution in [2.75, 3.05) is 12.3 Å². The van der Waals surface area contributed by atoms with E-state index < -0.39 is 28.1 Å². The van der Waals surface area contributed by atoms with Crippen LogP contribution in [0.3, 0.4) is 0 Å². The van der Waals surface area contributed by atoms with Crippen LogP contribution in [0.1, 0.15) is 78.6 Å². The van der Waals surface area contributed by atoms with Gasteiger partial charge >= 0.3 is 0 Å². The van der Waals surface area contributed by atoms with Gasteiger partial charge in [-0.3, -0.25) is 9.35 Å². The molecule has 0 bridgehead atoms. The van der Waals surface area contributed by atoms with Gasteiger partial charge in [0.2, 0.25) is 5.91 Å². The van der Waals surface area contributed by atoms with Crippen LogP contribution < -0.4 is 5.32 Å². The molecule has 4 rings (SSSR count). The molecule has 1 radical (unpaired) electrons. The molecule has 203 valence electrons. The fourth-order valence-corrected chi connectivity index (χ4v) is 9.54. The Kier molecular flexibility index (Phi) is 9.75. The van der Waals surface area contributed by atoms with Gasteiger partial charge in [0.1, 0.15) is 0 Å². The van der Waals surface area contributed by atoms with Crippen molar-refractivity contribution in [2.24, 2.45) is 46.3 Å². The number of amides is 1. The number of carbonyl (C=O) groups is 1. The fraction of sp³-hybridized carbons (Fsp3) is 0.962. The Morgan fingerprint density at radius 3 is 2.28 bits per heavy atom. The molecular formula is C26H45NNaO7S. The number of hydrogen-bond acceptors (Lipinski definition) is 6. The Morgan fingerprint density at radius 2 is 1.61 bits per heavy atom.